The molecule has 1 fully saturated rings. The Balaban J connectivity index is 2.14. The number of rotatable bonds is 4. The van der Waals surface area contributed by atoms with Crippen LogP contribution in [0.1, 0.15) is 31.4 Å². The predicted octanol–water partition coefficient (Wildman–Crippen LogP) is 1.48. The van der Waals surface area contributed by atoms with Crippen molar-refractivity contribution >= 4 is 0 Å². The van der Waals surface area contributed by atoms with Crippen LogP contribution in [-0.4, -0.2) is 36.1 Å². The lowest BCUT2D eigenvalue weighted by molar-refractivity contribution is 0.0354. The van der Waals surface area contributed by atoms with Gasteiger partial charge in [-0.2, -0.15) is 0 Å². The number of ether oxygens (including phenoxy) is 1. The van der Waals surface area contributed by atoms with E-state index in [9.17, 15) is 5.11 Å². The van der Waals surface area contributed by atoms with Crippen LogP contribution in [0.3, 0.4) is 0 Å². The first-order valence-corrected chi connectivity index (χ1v) is 6.84. The monoisotopic (exact) mass is 265 g/mol. The zero-order chi connectivity index (χ0) is 13.8. The van der Waals surface area contributed by atoms with Gasteiger partial charge in [0.15, 0.2) is 0 Å². The molecule has 1 saturated heterocycles. The van der Waals surface area contributed by atoms with E-state index in [1.54, 1.807) is 7.11 Å². The van der Waals surface area contributed by atoms with Crippen LogP contribution in [-0.2, 0) is 0 Å². The quantitative estimate of drug-likeness (QED) is 0.771. The van der Waals surface area contributed by atoms with Crippen LogP contribution in [0, 0.1) is 5.92 Å². The number of hydrogen-bond donors (Lipinski definition) is 3. The average Bonchev–Trinajstić information content (AvgIpc) is 2.43. The molecule has 4 nitrogen and oxygen atoms in total. The number of nitrogens with one attached hydrogen (secondary N) is 1. The standard InChI is InChI=1S/C15H23NO3/c1-10-14(18)9-12(7-8-17)16-15(10)11-3-5-13(19-2)6-4-11/h3-6,10,12,14-18H,7-9H2,1-2H3/t10-,12+,14+,15+/m1/s1. The Morgan fingerprint density at radius 3 is 2.58 bits per heavy atom. The molecular weight excluding hydrogens is 242 g/mol. The highest BCUT2D eigenvalue weighted by atomic mass is 16.5. The molecule has 2 rings (SSSR count). The van der Waals surface area contributed by atoms with Crippen molar-refractivity contribution in [2.75, 3.05) is 13.7 Å². The van der Waals surface area contributed by atoms with E-state index in [1.807, 2.05) is 24.3 Å². The predicted molar refractivity (Wildman–Crippen MR) is 74.1 cm³/mol. The van der Waals surface area contributed by atoms with Gasteiger partial charge in [-0.3, -0.25) is 0 Å². The fourth-order valence-electron chi connectivity index (χ4n) is 2.77. The topological polar surface area (TPSA) is 61.7 Å². The molecular formula is C15H23NO3. The molecule has 0 bridgehead atoms. The molecule has 0 unspecified atom stereocenters. The second-order valence-electron chi connectivity index (χ2n) is 5.29. The molecule has 0 radical (unpaired) electrons. The van der Waals surface area contributed by atoms with E-state index >= 15 is 0 Å². The molecule has 4 atom stereocenters. The van der Waals surface area contributed by atoms with Crippen molar-refractivity contribution < 1.29 is 14.9 Å². The Bertz CT molecular complexity index is 393. The van der Waals surface area contributed by atoms with E-state index in [4.69, 9.17) is 9.84 Å². The minimum Gasteiger partial charge on any atom is -0.497 e. The first kappa shape index (κ1) is 14.3. The summed E-state index contributed by atoms with van der Waals surface area (Å²) in [7, 11) is 1.65. The third kappa shape index (κ3) is 3.26. The Labute approximate surface area is 114 Å². The van der Waals surface area contributed by atoms with E-state index < -0.39 is 0 Å². The molecule has 106 valence electrons. The lowest BCUT2D eigenvalue weighted by atomic mass is 9.82. The second kappa shape index (κ2) is 6.37. The second-order valence-corrected chi connectivity index (χ2v) is 5.29. The van der Waals surface area contributed by atoms with Crippen molar-refractivity contribution in [3.63, 3.8) is 0 Å². The van der Waals surface area contributed by atoms with Crippen molar-refractivity contribution in [1.82, 2.24) is 5.32 Å². The highest BCUT2D eigenvalue weighted by Gasteiger charge is 2.34. The van der Waals surface area contributed by atoms with E-state index in [1.165, 1.54) is 0 Å². The number of methoxy groups -OCH3 is 1. The number of benzene rings is 1. The summed E-state index contributed by atoms with van der Waals surface area (Å²) in [6, 6.07) is 8.22. The van der Waals surface area contributed by atoms with Crippen LogP contribution in [0.5, 0.6) is 5.75 Å². The van der Waals surface area contributed by atoms with Gasteiger partial charge < -0.3 is 20.3 Å². The molecule has 4 heteroatoms. The zero-order valence-corrected chi connectivity index (χ0v) is 11.5. The van der Waals surface area contributed by atoms with Crippen molar-refractivity contribution in [2.24, 2.45) is 5.92 Å². The molecule has 3 N–H and O–H groups in total. The number of hydrogen-bond acceptors (Lipinski definition) is 4. The SMILES string of the molecule is COc1ccc([C@H]2N[C@@H](CCO)C[C@H](O)[C@H]2C)cc1. The summed E-state index contributed by atoms with van der Waals surface area (Å²) < 4.78 is 5.16. The van der Waals surface area contributed by atoms with Crippen LogP contribution >= 0.6 is 0 Å². The van der Waals surface area contributed by atoms with Crippen LogP contribution in [0.15, 0.2) is 24.3 Å². The molecule has 1 aromatic rings. The van der Waals surface area contributed by atoms with E-state index in [0.717, 1.165) is 11.3 Å². The first-order chi connectivity index (χ1) is 9.15. The number of aliphatic hydroxyl groups is 2. The Kier molecular flexibility index (Phi) is 4.80. The smallest absolute Gasteiger partial charge is 0.118 e. The molecule has 1 heterocycles. The minimum absolute atomic E-state index is 0.117. The van der Waals surface area contributed by atoms with Gasteiger partial charge in [0.1, 0.15) is 5.75 Å². The molecule has 1 aliphatic heterocycles. The molecule has 0 spiro atoms. The Hall–Kier alpha value is -1.10. The number of piperidine rings is 1. The maximum atomic E-state index is 10.2. The highest BCUT2D eigenvalue weighted by molar-refractivity contribution is 5.30. The van der Waals surface area contributed by atoms with Crippen LogP contribution in [0.4, 0.5) is 0 Å². The average molecular weight is 265 g/mol. The fraction of sp³-hybridized carbons (Fsp3) is 0.600. The first-order valence-electron chi connectivity index (χ1n) is 6.84. The van der Waals surface area contributed by atoms with Gasteiger partial charge in [-0.1, -0.05) is 19.1 Å². The molecule has 0 aromatic heterocycles. The van der Waals surface area contributed by atoms with Gasteiger partial charge in [-0.25, -0.2) is 0 Å². The Morgan fingerprint density at radius 1 is 1.32 bits per heavy atom. The summed E-state index contributed by atoms with van der Waals surface area (Å²) in [5.41, 5.74) is 1.15. The molecule has 0 amide bonds. The summed E-state index contributed by atoms with van der Waals surface area (Å²) in [5.74, 6) is 0.989. The van der Waals surface area contributed by atoms with Crippen molar-refractivity contribution in [3.8, 4) is 5.75 Å². The summed E-state index contributed by atoms with van der Waals surface area (Å²) in [4.78, 5) is 0. The van der Waals surface area contributed by atoms with Gasteiger partial charge in [0, 0.05) is 24.6 Å². The van der Waals surface area contributed by atoms with Gasteiger partial charge in [0.25, 0.3) is 0 Å². The normalized spacial score (nSPS) is 31.2. The van der Waals surface area contributed by atoms with Gasteiger partial charge >= 0.3 is 0 Å². The van der Waals surface area contributed by atoms with E-state index in [0.29, 0.717) is 12.8 Å². The molecule has 0 saturated carbocycles. The highest BCUT2D eigenvalue weighted by Crippen LogP contribution is 2.32. The molecule has 0 aliphatic carbocycles. The lowest BCUT2D eigenvalue weighted by Crippen LogP contribution is -2.48. The van der Waals surface area contributed by atoms with Crippen molar-refractivity contribution in [3.05, 3.63) is 29.8 Å². The van der Waals surface area contributed by atoms with Crippen molar-refractivity contribution in [2.45, 2.75) is 38.0 Å². The van der Waals surface area contributed by atoms with Crippen molar-refractivity contribution in [1.29, 1.82) is 0 Å². The minimum atomic E-state index is -0.329. The lowest BCUT2D eigenvalue weighted by Gasteiger charge is -2.39. The fourth-order valence-corrected chi connectivity index (χ4v) is 2.77. The zero-order valence-electron chi connectivity index (χ0n) is 11.5. The molecule has 1 aromatic carbocycles. The van der Waals surface area contributed by atoms with Crippen LogP contribution in [0.2, 0.25) is 0 Å². The summed E-state index contributed by atoms with van der Waals surface area (Å²) >= 11 is 0. The van der Waals surface area contributed by atoms with E-state index in [-0.39, 0.29) is 30.7 Å². The van der Waals surface area contributed by atoms with Gasteiger partial charge in [0.2, 0.25) is 0 Å². The van der Waals surface area contributed by atoms with Gasteiger partial charge in [-0.05, 0) is 30.5 Å². The third-order valence-corrected chi connectivity index (χ3v) is 4.03. The largest absolute Gasteiger partial charge is 0.497 e. The summed E-state index contributed by atoms with van der Waals surface area (Å²) in [5, 5.41) is 22.7. The third-order valence-electron chi connectivity index (χ3n) is 4.03. The number of aliphatic hydroxyl groups excluding tert-OH is 2. The molecule has 1 aliphatic rings. The van der Waals surface area contributed by atoms with E-state index in [2.05, 4.69) is 12.2 Å². The maximum absolute atomic E-state index is 10.2. The van der Waals surface area contributed by atoms with Crippen LogP contribution in [0.25, 0.3) is 0 Å². The van der Waals surface area contributed by atoms with Gasteiger partial charge in [-0.15, -0.1) is 0 Å². The Morgan fingerprint density at radius 2 is 2.00 bits per heavy atom. The molecule has 19 heavy (non-hydrogen) atoms. The van der Waals surface area contributed by atoms with Crippen LogP contribution < -0.4 is 10.1 Å². The summed E-state index contributed by atoms with van der Waals surface area (Å²) in [6.45, 7) is 2.20. The summed E-state index contributed by atoms with van der Waals surface area (Å²) in [6.07, 6.45) is 1.05. The van der Waals surface area contributed by atoms with Gasteiger partial charge in [0.05, 0.1) is 13.2 Å². The maximum Gasteiger partial charge on any atom is 0.118 e.